The first-order valence-electron chi connectivity index (χ1n) is 4.05. The first-order chi connectivity index (χ1) is 7.37. The molecule has 2 heterocycles. The van der Waals surface area contributed by atoms with E-state index in [-0.39, 0.29) is 16.6 Å². The molecule has 0 bridgehead atoms. The number of rotatable bonds is 2. The van der Waals surface area contributed by atoms with Crippen molar-refractivity contribution in [3.8, 4) is 0 Å². The lowest BCUT2D eigenvalue weighted by Crippen LogP contribution is -2.00. The molecule has 0 unspecified atom stereocenters. The van der Waals surface area contributed by atoms with Crippen molar-refractivity contribution in [3.05, 3.63) is 11.6 Å². The Morgan fingerprint density at radius 1 is 1.50 bits per heavy atom. The molecule has 0 aliphatic heterocycles. The van der Waals surface area contributed by atoms with Gasteiger partial charge in [0.15, 0.2) is 17.0 Å². The molecule has 10 heteroatoms. The minimum atomic E-state index is -4.45. The number of nitrogens with one attached hydrogen (secondary N) is 1. The van der Waals surface area contributed by atoms with Crippen molar-refractivity contribution >= 4 is 36.3 Å². The highest BCUT2D eigenvalue weighted by molar-refractivity contribution is 7.53. The fourth-order valence-corrected chi connectivity index (χ4v) is 1.79. The summed E-state index contributed by atoms with van der Waals surface area (Å²) in [7, 11) is -2.77. The van der Waals surface area contributed by atoms with Crippen molar-refractivity contribution in [1.82, 2.24) is 19.5 Å². The second kappa shape index (κ2) is 3.67. The molecule has 0 aliphatic carbocycles. The number of anilines is 1. The molecule has 2 aromatic rings. The van der Waals surface area contributed by atoms with E-state index in [0.29, 0.717) is 5.65 Å². The highest BCUT2D eigenvalue weighted by Gasteiger charge is 2.18. The Morgan fingerprint density at radius 2 is 2.19 bits per heavy atom. The normalized spacial score (nSPS) is 12.0. The molecule has 0 spiro atoms. The number of imidazole rings is 1. The van der Waals surface area contributed by atoms with Gasteiger partial charge in [0.25, 0.3) is 0 Å². The van der Waals surface area contributed by atoms with Crippen molar-refractivity contribution < 1.29 is 14.4 Å². The van der Waals surface area contributed by atoms with Crippen molar-refractivity contribution in [3.63, 3.8) is 0 Å². The molecule has 0 saturated heterocycles. The summed E-state index contributed by atoms with van der Waals surface area (Å²) in [6.07, 6.45) is 1.44. The Kier molecular flexibility index (Phi) is 2.59. The summed E-state index contributed by atoms with van der Waals surface area (Å²) in [5, 5.41) is 1.82. The van der Waals surface area contributed by atoms with Crippen molar-refractivity contribution in [2.75, 3.05) is 5.09 Å². The third kappa shape index (κ3) is 2.14. The highest BCUT2D eigenvalue weighted by Crippen LogP contribution is 2.36. The van der Waals surface area contributed by atoms with Gasteiger partial charge in [-0.2, -0.15) is 9.97 Å². The molecular weight excluding hydrogens is 257 g/mol. The van der Waals surface area contributed by atoms with Gasteiger partial charge < -0.3 is 14.4 Å². The van der Waals surface area contributed by atoms with Gasteiger partial charge in [-0.05, 0) is 11.6 Å². The van der Waals surface area contributed by atoms with E-state index in [9.17, 15) is 4.57 Å². The minimum Gasteiger partial charge on any atom is -0.318 e. The fraction of sp³-hybridized carbons (Fsp3) is 0.167. The van der Waals surface area contributed by atoms with E-state index in [2.05, 4.69) is 15.0 Å². The average Bonchev–Trinajstić information content (AvgIpc) is 2.45. The zero-order valence-electron chi connectivity index (χ0n) is 7.99. The highest BCUT2D eigenvalue weighted by atomic mass is 35.5. The van der Waals surface area contributed by atoms with E-state index in [4.69, 9.17) is 21.4 Å². The Balaban J connectivity index is 2.64. The Morgan fingerprint density at radius 3 is 2.81 bits per heavy atom. The van der Waals surface area contributed by atoms with E-state index >= 15 is 0 Å². The summed E-state index contributed by atoms with van der Waals surface area (Å²) in [6, 6.07) is 0. The van der Waals surface area contributed by atoms with Gasteiger partial charge in [0.2, 0.25) is 5.28 Å². The van der Waals surface area contributed by atoms with E-state index in [1.807, 2.05) is 5.09 Å². The SMILES string of the molecule is Cn1cnc2c(NP(=O)(O)O)nc(Cl)nc21. The van der Waals surface area contributed by atoms with Gasteiger partial charge in [-0.25, -0.2) is 9.55 Å². The Labute approximate surface area is 94.5 Å². The predicted molar refractivity (Wildman–Crippen MR) is 57.0 cm³/mol. The number of aryl methyl sites for hydroxylation is 1. The lowest BCUT2D eigenvalue weighted by Gasteiger charge is -2.07. The van der Waals surface area contributed by atoms with Crippen LogP contribution in [0.3, 0.4) is 0 Å². The van der Waals surface area contributed by atoms with Gasteiger partial charge >= 0.3 is 7.75 Å². The van der Waals surface area contributed by atoms with Crippen LogP contribution in [0.25, 0.3) is 11.2 Å². The molecule has 86 valence electrons. The lowest BCUT2D eigenvalue weighted by molar-refractivity contribution is 0.380. The molecule has 0 amide bonds. The molecule has 0 fully saturated rings. The zero-order valence-corrected chi connectivity index (χ0v) is 9.64. The molecule has 2 aromatic heterocycles. The molecule has 8 nitrogen and oxygen atoms in total. The third-order valence-corrected chi connectivity index (χ3v) is 2.46. The van der Waals surface area contributed by atoms with Crippen LogP contribution in [0.1, 0.15) is 0 Å². The molecular formula is C6H7ClN5O3P. The van der Waals surface area contributed by atoms with Crippen LogP contribution < -0.4 is 5.09 Å². The number of hydrogen-bond acceptors (Lipinski definition) is 4. The van der Waals surface area contributed by atoms with Crippen LogP contribution in [0.4, 0.5) is 5.82 Å². The quantitative estimate of drug-likeness (QED) is 0.535. The van der Waals surface area contributed by atoms with Crippen LogP contribution in [-0.2, 0) is 11.6 Å². The second-order valence-corrected chi connectivity index (χ2v) is 4.67. The summed E-state index contributed by atoms with van der Waals surface area (Å²) < 4.78 is 12.4. The van der Waals surface area contributed by atoms with Crippen molar-refractivity contribution in [2.24, 2.45) is 7.05 Å². The molecule has 0 atom stereocenters. The van der Waals surface area contributed by atoms with Crippen molar-refractivity contribution in [1.29, 1.82) is 0 Å². The monoisotopic (exact) mass is 263 g/mol. The average molecular weight is 264 g/mol. The maximum absolute atomic E-state index is 10.8. The van der Waals surface area contributed by atoms with Crippen LogP contribution in [0, 0.1) is 0 Å². The number of fused-ring (bicyclic) bond motifs is 1. The maximum atomic E-state index is 10.8. The molecule has 0 aliphatic rings. The number of hydrogen-bond donors (Lipinski definition) is 3. The molecule has 2 rings (SSSR count). The van der Waals surface area contributed by atoms with Gasteiger partial charge in [-0.1, -0.05) is 0 Å². The van der Waals surface area contributed by atoms with Crippen LogP contribution in [0.2, 0.25) is 5.28 Å². The fourth-order valence-electron chi connectivity index (χ4n) is 1.20. The largest absolute Gasteiger partial charge is 0.428 e. The standard InChI is InChI=1S/C6H7ClN5O3P/c1-12-2-8-3-4(11-16(13,14)15)9-6(7)10-5(3)12/h2H,1H3,(H3,9,10,11,13,14,15). The second-order valence-electron chi connectivity index (χ2n) is 3.02. The zero-order chi connectivity index (χ0) is 11.9. The smallest absolute Gasteiger partial charge is 0.318 e. The molecule has 3 N–H and O–H groups in total. The molecule has 0 saturated carbocycles. The molecule has 0 radical (unpaired) electrons. The summed E-state index contributed by atoms with van der Waals surface area (Å²) in [5.74, 6) is -0.0936. The van der Waals surface area contributed by atoms with E-state index < -0.39 is 7.75 Å². The van der Waals surface area contributed by atoms with Crippen LogP contribution in [0.5, 0.6) is 0 Å². The number of aromatic nitrogens is 4. The minimum absolute atomic E-state index is 0.0936. The van der Waals surface area contributed by atoms with Gasteiger partial charge in [-0.3, -0.25) is 5.09 Å². The Bertz CT molecular complexity index is 593. The van der Waals surface area contributed by atoms with E-state index in [0.717, 1.165) is 0 Å². The third-order valence-electron chi connectivity index (χ3n) is 1.78. The summed E-state index contributed by atoms with van der Waals surface area (Å²) in [5.41, 5.74) is 0.631. The van der Waals surface area contributed by atoms with Crippen molar-refractivity contribution in [2.45, 2.75) is 0 Å². The molecule has 16 heavy (non-hydrogen) atoms. The number of halogens is 1. The van der Waals surface area contributed by atoms with E-state index in [1.54, 1.807) is 11.6 Å². The predicted octanol–water partition coefficient (Wildman–Crippen LogP) is 0.521. The van der Waals surface area contributed by atoms with Crippen LogP contribution in [-0.4, -0.2) is 29.3 Å². The first kappa shape index (κ1) is 11.3. The van der Waals surface area contributed by atoms with Gasteiger partial charge in [0.1, 0.15) is 0 Å². The van der Waals surface area contributed by atoms with Gasteiger partial charge in [0.05, 0.1) is 6.33 Å². The Hall–Kier alpha value is -1.21. The summed E-state index contributed by atoms with van der Waals surface area (Å²) in [4.78, 5) is 29.1. The van der Waals surface area contributed by atoms with Crippen LogP contribution >= 0.6 is 19.3 Å². The lowest BCUT2D eigenvalue weighted by atomic mass is 10.5. The summed E-state index contributed by atoms with van der Waals surface area (Å²) >= 11 is 5.63. The maximum Gasteiger partial charge on any atom is 0.428 e. The van der Waals surface area contributed by atoms with Gasteiger partial charge in [-0.15, -0.1) is 0 Å². The number of nitrogens with zero attached hydrogens (tertiary/aromatic N) is 4. The van der Waals surface area contributed by atoms with Crippen LogP contribution in [0.15, 0.2) is 6.33 Å². The molecule has 0 aromatic carbocycles. The first-order valence-corrected chi connectivity index (χ1v) is 6.04. The topological polar surface area (TPSA) is 113 Å². The summed E-state index contributed by atoms with van der Waals surface area (Å²) in [6.45, 7) is 0. The van der Waals surface area contributed by atoms with Gasteiger partial charge in [0, 0.05) is 7.05 Å². The van der Waals surface area contributed by atoms with E-state index in [1.165, 1.54) is 6.33 Å².